The maximum atomic E-state index is 12.6. The number of ether oxygens (including phenoxy) is 1. The molecule has 1 unspecified atom stereocenters. The molecule has 1 amide bonds. The fourth-order valence-corrected chi connectivity index (χ4v) is 3.26. The summed E-state index contributed by atoms with van der Waals surface area (Å²) in [6.07, 6.45) is 5.18. The maximum absolute atomic E-state index is 12.6. The second-order valence-electron chi connectivity index (χ2n) is 7.31. The molecule has 1 aliphatic rings. The molecule has 3 rings (SSSR count). The molecular weight excluding hydrogens is 330 g/mol. The van der Waals surface area contributed by atoms with Crippen molar-refractivity contribution in [2.45, 2.75) is 38.7 Å². The molecule has 1 aromatic carbocycles. The molecule has 26 heavy (non-hydrogen) atoms. The molecule has 1 atom stereocenters. The standard InChI is InChI=1S/C20H27N3O3/c1-15-5-6-18(11-16(15)2)26-14-20(25)7-4-9-23(10-8-20)19(24)17-12-21-22(3)13-17/h5-6,11-13,25H,4,7-10,14H2,1-3H3. The third kappa shape index (κ3) is 4.25. The van der Waals surface area contributed by atoms with Gasteiger partial charge in [0.15, 0.2) is 0 Å². The van der Waals surface area contributed by atoms with Crippen LogP contribution in [0.2, 0.25) is 0 Å². The van der Waals surface area contributed by atoms with E-state index in [1.807, 2.05) is 25.1 Å². The molecule has 1 N–H and O–H groups in total. The molecule has 0 bridgehead atoms. The molecular formula is C20H27N3O3. The van der Waals surface area contributed by atoms with E-state index in [0.29, 0.717) is 31.5 Å². The second-order valence-corrected chi connectivity index (χ2v) is 7.31. The number of carbonyl (C=O) groups is 1. The molecule has 1 aromatic heterocycles. The van der Waals surface area contributed by atoms with E-state index in [4.69, 9.17) is 4.74 Å². The molecule has 0 radical (unpaired) electrons. The number of aliphatic hydroxyl groups is 1. The highest BCUT2D eigenvalue weighted by molar-refractivity contribution is 5.93. The molecule has 2 aromatic rings. The van der Waals surface area contributed by atoms with Gasteiger partial charge in [0.05, 0.1) is 11.8 Å². The lowest BCUT2D eigenvalue weighted by atomic mass is 9.96. The van der Waals surface area contributed by atoms with E-state index in [9.17, 15) is 9.90 Å². The summed E-state index contributed by atoms with van der Waals surface area (Å²) < 4.78 is 7.48. The highest BCUT2D eigenvalue weighted by Crippen LogP contribution is 2.25. The minimum absolute atomic E-state index is 0.0302. The molecule has 0 saturated carbocycles. The average molecular weight is 357 g/mol. The number of nitrogens with zero attached hydrogens (tertiary/aromatic N) is 3. The average Bonchev–Trinajstić information content (AvgIpc) is 2.95. The van der Waals surface area contributed by atoms with Crippen LogP contribution in [0.3, 0.4) is 0 Å². The van der Waals surface area contributed by atoms with Crippen molar-refractivity contribution in [1.82, 2.24) is 14.7 Å². The highest BCUT2D eigenvalue weighted by Gasteiger charge is 2.32. The van der Waals surface area contributed by atoms with Gasteiger partial charge in [-0.15, -0.1) is 0 Å². The van der Waals surface area contributed by atoms with Crippen molar-refractivity contribution < 1.29 is 14.6 Å². The predicted octanol–water partition coefficient (Wildman–Crippen LogP) is 2.47. The first-order chi connectivity index (χ1) is 12.4. The minimum atomic E-state index is -0.914. The van der Waals surface area contributed by atoms with Crippen LogP contribution in [-0.2, 0) is 7.05 Å². The SMILES string of the molecule is Cc1ccc(OCC2(O)CCCN(C(=O)c3cnn(C)c3)CC2)cc1C. The number of hydrogen-bond acceptors (Lipinski definition) is 4. The first kappa shape index (κ1) is 18.5. The largest absolute Gasteiger partial charge is 0.491 e. The molecule has 0 aliphatic carbocycles. The van der Waals surface area contributed by atoms with Gasteiger partial charge in [0.25, 0.3) is 5.91 Å². The Balaban J connectivity index is 1.59. The Bertz CT molecular complexity index is 786. The van der Waals surface area contributed by atoms with E-state index in [1.165, 1.54) is 11.1 Å². The van der Waals surface area contributed by atoms with Crippen LogP contribution < -0.4 is 4.74 Å². The van der Waals surface area contributed by atoms with E-state index >= 15 is 0 Å². The Morgan fingerprint density at radius 2 is 2.08 bits per heavy atom. The van der Waals surface area contributed by atoms with Crippen molar-refractivity contribution in [1.29, 1.82) is 0 Å². The summed E-state index contributed by atoms with van der Waals surface area (Å²) >= 11 is 0. The molecule has 1 fully saturated rings. The molecule has 2 heterocycles. The second kappa shape index (κ2) is 7.50. The summed E-state index contributed by atoms with van der Waals surface area (Å²) in [5.41, 5.74) is 2.06. The van der Waals surface area contributed by atoms with Crippen LogP contribution in [-0.4, -0.2) is 51.0 Å². The quantitative estimate of drug-likeness (QED) is 0.913. The van der Waals surface area contributed by atoms with E-state index in [-0.39, 0.29) is 12.5 Å². The summed E-state index contributed by atoms with van der Waals surface area (Å²) in [5.74, 6) is 0.742. The number of aryl methyl sites for hydroxylation is 3. The van der Waals surface area contributed by atoms with Gasteiger partial charge in [-0.25, -0.2) is 0 Å². The van der Waals surface area contributed by atoms with Crippen molar-refractivity contribution >= 4 is 5.91 Å². The predicted molar refractivity (Wildman–Crippen MR) is 99.3 cm³/mol. The van der Waals surface area contributed by atoms with Gasteiger partial charge in [0, 0.05) is 26.3 Å². The van der Waals surface area contributed by atoms with Crippen molar-refractivity contribution in [3.8, 4) is 5.75 Å². The van der Waals surface area contributed by atoms with Gasteiger partial charge >= 0.3 is 0 Å². The lowest BCUT2D eigenvalue weighted by Crippen LogP contribution is -2.38. The molecule has 0 spiro atoms. The maximum Gasteiger partial charge on any atom is 0.257 e. The van der Waals surface area contributed by atoms with Gasteiger partial charge < -0.3 is 14.7 Å². The van der Waals surface area contributed by atoms with Gasteiger partial charge in [-0.05, 0) is 56.4 Å². The van der Waals surface area contributed by atoms with Crippen molar-refractivity contribution in [3.63, 3.8) is 0 Å². The van der Waals surface area contributed by atoms with E-state index in [2.05, 4.69) is 12.0 Å². The first-order valence-corrected chi connectivity index (χ1v) is 9.07. The zero-order valence-electron chi connectivity index (χ0n) is 15.7. The van der Waals surface area contributed by atoms with Crippen LogP contribution in [0.25, 0.3) is 0 Å². The lowest BCUT2D eigenvalue weighted by Gasteiger charge is -2.27. The number of rotatable bonds is 4. The van der Waals surface area contributed by atoms with Gasteiger partial charge in [0.1, 0.15) is 18.0 Å². The lowest BCUT2D eigenvalue weighted by molar-refractivity contribution is -0.0163. The Hall–Kier alpha value is -2.34. The van der Waals surface area contributed by atoms with Gasteiger partial charge in [-0.1, -0.05) is 6.07 Å². The van der Waals surface area contributed by atoms with Crippen LogP contribution in [0.5, 0.6) is 5.75 Å². The van der Waals surface area contributed by atoms with Gasteiger partial charge in [0.2, 0.25) is 0 Å². The number of hydrogen-bond donors (Lipinski definition) is 1. The van der Waals surface area contributed by atoms with Gasteiger partial charge in [-0.3, -0.25) is 9.48 Å². The number of benzene rings is 1. The Morgan fingerprint density at radius 3 is 2.77 bits per heavy atom. The topological polar surface area (TPSA) is 67.6 Å². The minimum Gasteiger partial charge on any atom is -0.491 e. The zero-order valence-corrected chi connectivity index (χ0v) is 15.7. The van der Waals surface area contributed by atoms with Crippen LogP contribution >= 0.6 is 0 Å². The fourth-order valence-electron chi connectivity index (χ4n) is 3.26. The molecule has 1 saturated heterocycles. The van der Waals surface area contributed by atoms with Crippen molar-refractivity contribution in [2.24, 2.45) is 7.05 Å². The molecule has 6 heteroatoms. The van der Waals surface area contributed by atoms with Crippen LogP contribution in [0.15, 0.2) is 30.6 Å². The van der Waals surface area contributed by atoms with Crippen molar-refractivity contribution in [2.75, 3.05) is 19.7 Å². The molecule has 1 aliphatic heterocycles. The fraction of sp³-hybridized carbons (Fsp3) is 0.500. The zero-order chi connectivity index (χ0) is 18.7. The smallest absolute Gasteiger partial charge is 0.257 e. The molecule has 6 nitrogen and oxygen atoms in total. The Morgan fingerprint density at radius 1 is 1.27 bits per heavy atom. The number of carbonyl (C=O) groups excluding carboxylic acids is 1. The first-order valence-electron chi connectivity index (χ1n) is 9.07. The van der Waals surface area contributed by atoms with Crippen LogP contribution in [0.1, 0.15) is 40.7 Å². The third-order valence-corrected chi connectivity index (χ3v) is 5.14. The van der Waals surface area contributed by atoms with E-state index in [0.717, 1.165) is 12.2 Å². The van der Waals surface area contributed by atoms with Crippen LogP contribution in [0.4, 0.5) is 0 Å². The molecule has 140 valence electrons. The number of likely N-dealkylation sites (tertiary alicyclic amines) is 1. The number of aromatic nitrogens is 2. The van der Waals surface area contributed by atoms with E-state index in [1.54, 1.807) is 29.0 Å². The summed E-state index contributed by atoms with van der Waals surface area (Å²) in [4.78, 5) is 14.4. The summed E-state index contributed by atoms with van der Waals surface area (Å²) in [5, 5.41) is 15.0. The summed E-state index contributed by atoms with van der Waals surface area (Å²) in [7, 11) is 1.79. The van der Waals surface area contributed by atoms with Crippen LogP contribution in [0, 0.1) is 13.8 Å². The normalized spacial score (nSPS) is 20.7. The Labute approximate surface area is 154 Å². The third-order valence-electron chi connectivity index (χ3n) is 5.14. The van der Waals surface area contributed by atoms with Gasteiger partial charge in [-0.2, -0.15) is 5.10 Å². The number of amides is 1. The summed E-state index contributed by atoms with van der Waals surface area (Å²) in [6, 6.07) is 5.95. The van der Waals surface area contributed by atoms with Crippen molar-refractivity contribution in [3.05, 3.63) is 47.3 Å². The summed E-state index contributed by atoms with van der Waals surface area (Å²) in [6.45, 7) is 5.50. The highest BCUT2D eigenvalue weighted by atomic mass is 16.5. The van der Waals surface area contributed by atoms with E-state index < -0.39 is 5.60 Å². The Kier molecular flexibility index (Phi) is 5.32. The monoisotopic (exact) mass is 357 g/mol.